The van der Waals surface area contributed by atoms with Crippen molar-refractivity contribution < 1.29 is 28.9 Å². The maximum Gasteiger partial charge on any atom is 0.328 e. The number of hydrogen-bond acceptors (Lipinski definition) is 5. The Morgan fingerprint density at radius 1 is 1.33 bits per heavy atom. The molecule has 0 aliphatic carbocycles. The van der Waals surface area contributed by atoms with Crippen LogP contribution in [-0.4, -0.2) is 61.9 Å². The van der Waals surface area contributed by atoms with E-state index in [1.807, 2.05) is 12.1 Å². The number of morpholine rings is 1. The van der Waals surface area contributed by atoms with Crippen LogP contribution in [0.5, 0.6) is 11.5 Å². The van der Waals surface area contributed by atoms with Crippen molar-refractivity contribution in [2.75, 3.05) is 34.0 Å². The Morgan fingerprint density at radius 2 is 2.04 bits per heavy atom. The van der Waals surface area contributed by atoms with Crippen LogP contribution in [0.3, 0.4) is 0 Å². The lowest BCUT2D eigenvalue weighted by Crippen LogP contribution is -2.54. The summed E-state index contributed by atoms with van der Waals surface area (Å²) in [5.74, 6) is -0.339. The number of rotatable bonds is 6. The number of ether oxygens (including phenoxy) is 3. The van der Waals surface area contributed by atoms with Crippen LogP contribution >= 0.6 is 0 Å². The molecule has 1 N–H and O–H groups in total. The Balaban J connectivity index is 2.09. The van der Waals surface area contributed by atoms with Crippen molar-refractivity contribution in [3.8, 4) is 11.5 Å². The van der Waals surface area contributed by atoms with Crippen molar-refractivity contribution in [3.63, 3.8) is 0 Å². The predicted molar refractivity (Wildman–Crippen MR) is 86.4 cm³/mol. The number of nitrogens with zero attached hydrogens (tertiary/aromatic N) is 1. The monoisotopic (exact) mass is 337 g/mol. The van der Waals surface area contributed by atoms with Gasteiger partial charge in [-0.15, -0.1) is 0 Å². The Morgan fingerprint density at radius 3 is 2.67 bits per heavy atom. The average molecular weight is 337 g/mol. The van der Waals surface area contributed by atoms with Crippen molar-refractivity contribution in [1.29, 1.82) is 0 Å². The van der Waals surface area contributed by atoms with Gasteiger partial charge >= 0.3 is 5.97 Å². The molecule has 1 amide bonds. The molecule has 1 fully saturated rings. The van der Waals surface area contributed by atoms with E-state index in [1.165, 1.54) is 4.90 Å². The van der Waals surface area contributed by atoms with Crippen molar-refractivity contribution in [1.82, 2.24) is 4.90 Å². The van der Waals surface area contributed by atoms with Gasteiger partial charge < -0.3 is 24.2 Å². The minimum Gasteiger partial charge on any atom is -0.493 e. The van der Waals surface area contributed by atoms with E-state index in [-0.39, 0.29) is 18.4 Å². The minimum absolute atomic E-state index is 0.0319. The van der Waals surface area contributed by atoms with Crippen LogP contribution in [-0.2, 0) is 20.7 Å². The maximum atomic E-state index is 12.6. The lowest BCUT2D eigenvalue weighted by Gasteiger charge is -2.34. The van der Waals surface area contributed by atoms with E-state index in [0.29, 0.717) is 31.1 Å². The molecular formula is C17H23NO6. The van der Waals surface area contributed by atoms with E-state index in [4.69, 9.17) is 14.2 Å². The molecule has 7 heteroatoms. The number of carbonyl (C=O) groups is 2. The summed E-state index contributed by atoms with van der Waals surface area (Å²) in [5, 5.41) is 9.25. The molecule has 0 spiro atoms. The van der Waals surface area contributed by atoms with E-state index >= 15 is 0 Å². The highest BCUT2D eigenvalue weighted by Gasteiger charge is 2.34. The number of amides is 1. The van der Waals surface area contributed by atoms with E-state index in [0.717, 1.165) is 5.56 Å². The quantitative estimate of drug-likeness (QED) is 0.839. The van der Waals surface area contributed by atoms with Gasteiger partial charge in [0.2, 0.25) is 5.91 Å². The van der Waals surface area contributed by atoms with E-state index in [1.54, 1.807) is 27.2 Å². The molecule has 1 aliphatic heterocycles. The molecule has 1 aromatic rings. The van der Waals surface area contributed by atoms with E-state index in [9.17, 15) is 14.7 Å². The predicted octanol–water partition coefficient (Wildman–Crippen LogP) is 1.19. The fourth-order valence-corrected chi connectivity index (χ4v) is 2.80. The Hall–Kier alpha value is -2.28. The van der Waals surface area contributed by atoms with Gasteiger partial charge in [-0.05, 0) is 24.1 Å². The molecule has 132 valence electrons. The molecule has 1 aromatic carbocycles. The van der Waals surface area contributed by atoms with Crippen LogP contribution < -0.4 is 9.47 Å². The summed E-state index contributed by atoms with van der Waals surface area (Å²) in [4.78, 5) is 25.3. The Kier molecular flexibility index (Phi) is 6.03. The normalized spacial score (nSPS) is 18.8. The largest absolute Gasteiger partial charge is 0.493 e. The molecule has 0 radical (unpaired) electrons. The zero-order valence-electron chi connectivity index (χ0n) is 14.2. The molecule has 1 saturated heterocycles. The third-order valence-corrected chi connectivity index (χ3v) is 4.11. The van der Waals surface area contributed by atoms with Gasteiger partial charge in [-0.3, -0.25) is 4.79 Å². The number of methoxy groups -OCH3 is 2. The van der Waals surface area contributed by atoms with Gasteiger partial charge in [0.25, 0.3) is 0 Å². The number of benzene rings is 1. The lowest BCUT2D eigenvalue weighted by atomic mass is 9.98. The molecule has 0 saturated carbocycles. The fraction of sp³-hybridized carbons (Fsp3) is 0.529. The third-order valence-electron chi connectivity index (χ3n) is 4.11. The summed E-state index contributed by atoms with van der Waals surface area (Å²) >= 11 is 0. The van der Waals surface area contributed by atoms with Crippen LogP contribution in [0, 0.1) is 5.92 Å². The third kappa shape index (κ3) is 3.97. The van der Waals surface area contributed by atoms with Gasteiger partial charge in [-0.2, -0.15) is 0 Å². The summed E-state index contributed by atoms with van der Waals surface area (Å²) in [6, 6.07) is 4.58. The molecule has 2 unspecified atom stereocenters. The van der Waals surface area contributed by atoms with Gasteiger partial charge in [0.15, 0.2) is 17.5 Å². The van der Waals surface area contributed by atoms with Crippen molar-refractivity contribution in [2.45, 2.75) is 19.4 Å². The van der Waals surface area contributed by atoms with E-state index < -0.39 is 12.0 Å². The van der Waals surface area contributed by atoms with Crippen molar-refractivity contribution in [2.24, 2.45) is 5.92 Å². The van der Waals surface area contributed by atoms with Crippen LogP contribution in [0.25, 0.3) is 0 Å². The van der Waals surface area contributed by atoms with Gasteiger partial charge in [0.05, 0.1) is 27.4 Å². The lowest BCUT2D eigenvalue weighted by molar-refractivity contribution is -0.160. The second-order valence-electron chi connectivity index (χ2n) is 5.76. The highest BCUT2D eigenvalue weighted by atomic mass is 16.5. The van der Waals surface area contributed by atoms with Gasteiger partial charge in [-0.1, -0.05) is 13.0 Å². The zero-order chi connectivity index (χ0) is 17.7. The average Bonchev–Trinajstić information content (AvgIpc) is 2.60. The number of hydrogen-bond donors (Lipinski definition) is 1. The number of aliphatic carboxylic acids is 1. The van der Waals surface area contributed by atoms with Gasteiger partial charge in [0.1, 0.15) is 0 Å². The summed E-state index contributed by atoms with van der Waals surface area (Å²) in [6.07, 6.45) is 0.489. The highest BCUT2D eigenvalue weighted by Crippen LogP contribution is 2.28. The number of carboxylic acids is 1. The number of carboxylic acid groups (broad SMARTS) is 1. The van der Waals surface area contributed by atoms with Crippen molar-refractivity contribution in [3.05, 3.63) is 23.8 Å². The SMILES string of the molecule is COc1ccc(CC(C)C(=O)N2CCOCC2C(=O)O)cc1OC. The first-order valence-corrected chi connectivity index (χ1v) is 7.79. The second kappa shape index (κ2) is 8.01. The topological polar surface area (TPSA) is 85.3 Å². The minimum atomic E-state index is -1.04. The molecule has 1 heterocycles. The molecule has 2 atom stereocenters. The molecular weight excluding hydrogens is 314 g/mol. The summed E-state index contributed by atoms with van der Waals surface area (Å²) in [5.41, 5.74) is 0.925. The standard InChI is InChI=1S/C17H23NO6/c1-11(8-12-4-5-14(22-2)15(9-12)23-3)16(19)18-6-7-24-10-13(18)17(20)21/h4-5,9,11,13H,6-8,10H2,1-3H3,(H,20,21). The summed E-state index contributed by atoms with van der Waals surface area (Å²) < 4.78 is 15.6. The highest BCUT2D eigenvalue weighted by molar-refractivity contribution is 5.85. The van der Waals surface area contributed by atoms with Gasteiger partial charge in [0, 0.05) is 12.5 Å². The molecule has 24 heavy (non-hydrogen) atoms. The maximum absolute atomic E-state index is 12.6. The Bertz CT molecular complexity index is 603. The van der Waals surface area contributed by atoms with Crippen LogP contribution in [0.4, 0.5) is 0 Å². The first kappa shape index (κ1) is 18.1. The zero-order valence-corrected chi connectivity index (χ0v) is 14.2. The first-order chi connectivity index (χ1) is 11.5. The smallest absolute Gasteiger partial charge is 0.328 e. The first-order valence-electron chi connectivity index (χ1n) is 7.79. The van der Waals surface area contributed by atoms with Gasteiger partial charge in [-0.25, -0.2) is 4.79 Å². The van der Waals surface area contributed by atoms with Crippen LogP contribution in [0.2, 0.25) is 0 Å². The molecule has 0 aromatic heterocycles. The summed E-state index contributed by atoms with van der Waals surface area (Å²) in [6.45, 7) is 2.49. The molecule has 7 nitrogen and oxygen atoms in total. The number of carbonyl (C=O) groups excluding carboxylic acids is 1. The molecule has 2 rings (SSSR count). The fourth-order valence-electron chi connectivity index (χ4n) is 2.80. The van der Waals surface area contributed by atoms with Crippen LogP contribution in [0.1, 0.15) is 12.5 Å². The second-order valence-corrected chi connectivity index (χ2v) is 5.76. The van der Waals surface area contributed by atoms with E-state index in [2.05, 4.69) is 0 Å². The molecule has 1 aliphatic rings. The van der Waals surface area contributed by atoms with Crippen LogP contribution in [0.15, 0.2) is 18.2 Å². The van der Waals surface area contributed by atoms with Crippen molar-refractivity contribution >= 4 is 11.9 Å². The Labute approximate surface area is 141 Å². The summed E-state index contributed by atoms with van der Waals surface area (Å²) in [7, 11) is 3.12. The molecule has 0 bridgehead atoms.